The topological polar surface area (TPSA) is 30.7 Å². The number of nitrogens with zero attached hydrogens (tertiary/aromatic N) is 1. The van der Waals surface area contributed by atoms with E-state index in [4.69, 9.17) is 6.57 Å². The lowest BCUT2D eigenvalue weighted by atomic mass is 10.1. The molecule has 0 N–H and O–H groups in total. The highest BCUT2D eigenvalue weighted by Gasteiger charge is 2.09. The maximum Gasteiger partial charge on any atom is 0.337 e. The van der Waals surface area contributed by atoms with Crippen LogP contribution in [-0.2, 0) is 4.74 Å². The second kappa shape index (κ2) is 4.43. The van der Waals surface area contributed by atoms with E-state index in [1.807, 2.05) is 6.92 Å². The quantitative estimate of drug-likeness (QED) is 0.528. The van der Waals surface area contributed by atoms with Crippen LogP contribution in [0, 0.1) is 6.57 Å². The Hall–Kier alpha value is -1.82. The fraction of sp³-hybridized carbons (Fsp3) is 0.273. The SMILES string of the molecule is [C-]#[N+]C(C)c1ccc(C(=O)OC)cc1. The number of hydrogen-bond acceptors (Lipinski definition) is 2. The van der Waals surface area contributed by atoms with Gasteiger partial charge in [-0.1, -0.05) is 12.1 Å². The third kappa shape index (κ3) is 2.11. The Morgan fingerprint density at radius 2 is 2.00 bits per heavy atom. The summed E-state index contributed by atoms with van der Waals surface area (Å²) >= 11 is 0. The lowest BCUT2D eigenvalue weighted by Crippen LogP contribution is -2.01. The van der Waals surface area contributed by atoms with Gasteiger partial charge in [0.25, 0.3) is 0 Å². The lowest BCUT2D eigenvalue weighted by Gasteiger charge is -2.01. The van der Waals surface area contributed by atoms with Gasteiger partial charge < -0.3 is 9.58 Å². The molecule has 3 nitrogen and oxygen atoms in total. The lowest BCUT2D eigenvalue weighted by molar-refractivity contribution is 0.0600. The number of hydrogen-bond donors (Lipinski definition) is 0. The van der Waals surface area contributed by atoms with E-state index in [1.54, 1.807) is 24.3 Å². The molecule has 0 saturated carbocycles. The van der Waals surface area contributed by atoms with Gasteiger partial charge in [0, 0.05) is 12.5 Å². The summed E-state index contributed by atoms with van der Waals surface area (Å²) in [7, 11) is 1.35. The van der Waals surface area contributed by atoms with Crippen LogP contribution in [0.15, 0.2) is 24.3 Å². The van der Waals surface area contributed by atoms with Crippen LogP contribution in [-0.4, -0.2) is 13.1 Å². The van der Waals surface area contributed by atoms with Gasteiger partial charge >= 0.3 is 5.97 Å². The van der Waals surface area contributed by atoms with E-state index < -0.39 is 0 Å². The van der Waals surface area contributed by atoms with Gasteiger partial charge in [-0.05, 0) is 12.1 Å². The van der Waals surface area contributed by atoms with Crippen molar-refractivity contribution in [3.05, 3.63) is 46.8 Å². The average molecular weight is 189 g/mol. The first-order chi connectivity index (χ1) is 6.69. The molecule has 0 saturated heterocycles. The molecular weight excluding hydrogens is 178 g/mol. The summed E-state index contributed by atoms with van der Waals surface area (Å²) in [6, 6.07) is 6.72. The fourth-order valence-electron chi connectivity index (χ4n) is 1.09. The third-order valence-electron chi connectivity index (χ3n) is 2.01. The minimum Gasteiger partial charge on any atom is -0.465 e. The van der Waals surface area contributed by atoms with Crippen LogP contribution < -0.4 is 0 Å². The molecule has 1 atom stereocenters. The first-order valence-corrected chi connectivity index (χ1v) is 4.24. The second-order valence-corrected chi connectivity index (χ2v) is 2.92. The van der Waals surface area contributed by atoms with Crippen LogP contribution in [0.3, 0.4) is 0 Å². The highest BCUT2D eigenvalue weighted by atomic mass is 16.5. The molecule has 1 aromatic carbocycles. The molecule has 0 spiro atoms. The first-order valence-electron chi connectivity index (χ1n) is 4.24. The molecule has 0 aliphatic carbocycles. The van der Waals surface area contributed by atoms with E-state index in [-0.39, 0.29) is 12.0 Å². The molecule has 1 rings (SSSR count). The Morgan fingerprint density at radius 3 is 2.43 bits per heavy atom. The molecule has 0 aromatic heterocycles. The molecule has 0 radical (unpaired) electrons. The van der Waals surface area contributed by atoms with Crippen LogP contribution in [0.5, 0.6) is 0 Å². The van der Waals surface area contributed by atoms with Crippen LogP contribution in [0.1, 0.15) is 28.9 Å². The molecule has 0 bridgehead atoms. The van der Waals surface area contributed by atoms with Crippen LogP contribution in [0.4, 0.5) is 0 Å². The summed E-state index contributed by atoms with van der Waals surface area (Å²) in [6.45, 7) is 8.67. The van der Waals surface area contributed by atoms with E-state index in [0.29, 0.717) is 5.56 Å². The molecule has 0 amide bonds. The molecule has 0 fully saturated rings. The summed E-state index contributed by atoms with van der Waals surface area (Å²) in [6.07, 6.45) is 0. The van der Waals surface area contributed by atoms with Crippen molar-refractivity contribution in [3.8, 4) is 0 Å². The summed E-state index contributed by atoms with van der Waals surface area (Å²) in [5.41, 5.74) is 1.42. The minimum atomic E-state index is -0.355. The van der Waals surface area contributed by atoms with Gasteiger partial charge in [-0.3, -0.25) is 0 Å². The van der Waals surface area contributed by atoms with Crippen molar-refractivity contribution in [2.24, 2.45) is 0 Å². The van der Waals surface area contributed by atoms with Crippen LogP contribution in [0.2, 0.25) is 0 Å². The monoisotopic (exact) mass is 189 g/mol. The van der Waals surface area contributed by atoms with Crippen molar-refractivity contribution in [1.82, 2.24) is 0 Å². The van der Waals surface area contributed by atoms with E-state index in [9.17, 15) is 4.79 Å². The molecular formula is C11H11NO2. The Balaban J connectivity index is 2.90. The van der Waals surface area contributed by atoms with Crippen molar-refractivity contribution >= 4 is 5.97 Å². The summed E-state index contributed by atoms with van der Waals surface area (Å²) < 4.78 is 4.56. The largest absolute Gasteiger partial charge is 0.465 e. The van der Waals surface area contributed by atoms with Gasteiger partial charge in [-0.15, -0.1) is 0 Å². The Bertz CT molecular complexity index is 362. The standard InChI is InChI=1S/C11H11NO2/c1-8(12-2)9-4-6-10(7-5-9)11(13)14-3/h4-8H,1,3H3. The summed E-state index contributed by atoms with van der Waals surface area (Å²) in [4.78, 5) is 14.5. The summed E-state index contributed by atoms with van der Waals surface area (Å²) in [5.74, 6) is -0.355. The number of methoxy groups -OCH3 is 1. The van der Waals surface area contributed by atoms with E-state index in [1.165, 1.54) is 7.11 Å². The van der Waals surface area contributed by atoms with Crippen LogP contribution >= 0.6 is 0 Å². The Morgan fingerprint density at radius 1 is 1.43 bits per heavy atom. The molecule has 72 valence electrons. The minimum absolute atomic E-state index is 0.165. The molecule has 3 heteroatoms. The van der Waals surface area contributed by atoms with E-state index >= 15 is 0 Å². The number of rotatable bonds is 2. The normalized spacial score (nSPS) is 11.5. The highest BCUT2D eigenvalue weighted by molar-refractivity contribution is 5.89. The predicted octanol–water partition coefficient (Wildman–Crippen LogP) is 2.45. The van der Waals surface area contributed by atoms with Gasteiger partial charge in [0.05, 0.1) is 12.7 Å². The van der Waals surface area contributed by atoms with Crippen molar-refractivity contribution in [1.29, 1.82) is 0 Å². The smallest absolute Gasteiger partial charge is 0.337 e. The number of ether oxygens (including phenoxy) is 1. The van der Waals surface area contributed by atoms with Crippen molar-refractivity contribution in [3.63, 3.8) is 0 Å². The van der Waals surface area contributed by atoms with Gasteiger partial charge in [-0.25, -0.2) is 11.4 Å². The Kier molecular flexibility index (Phi) is 3.24. The van der Waals surface area contributed by atoms with Gasteiger partial charge in [0.15, 0.2) is 0 Å². The fourth-order valence-corrected chi connectivity index (χ4v) is 1.09. The first kappa shape index (κ1) is 10.3. The summed E-state index contributed by atoms with van der Waals surface area (Å²) in [5, 5.41) is 0. The average Bonchev–Trinajstić information content (AvgIpc) is 2.27. The van der Waals surface area contributed by atoms with Crippen molar-refractivity contribution in [2.45, 2.75) is 13.0 Å². The molecule has 0 heterocycles. The third-order valence-corrected chi connectivity index (χ3v) is 2.01. The maximum absolute atomic E-state index is 11.1. The van der Waals surface area contributed by atoms with Gasteiger partial charge in [-0.2, -0.15) is 0 Å². The molecule has 1 aromatic rings. The predicted molar refractivity (Wildman–Crippen MR) is 52.8 cm³/mol. The van der Waals surface area contributed by atoms with Gasteiger partial charge in [0.1, 0.15) is 0 Å². The Labute approximate surface area is 83.1 Å². The highest BCUT2D eigenvalue weighted by Crippen LogP contribution is 2.16. The number of carbonyl (C=O) groups is 1. The molecule has 1 unspecified atom stereocenters. The number of esters is 1. The molecule has 0 aliphatic rings. The zero-order valence-corrected chi connectivity index (χ0v) is 8.15. The van der Waals surface area contributed by atoms with Crippen molar-refractivity contribution < 1.29 is 9.53 Å². The van der Waals surface area contributed by atoms with E-state index in [2.05, 4.69) is 9.58 Å². The molecule has 14 heavy (non-hydrogen) atoms. The zero-order chi connectivity index (χ0) is 10.6. The zero-order valence-electron chi connectivity index (χ0n) is 8.15. The number of carbonyl (C=O) groups excluding carboxylic acids is 1. The van der Waals surface area contributed by atoms with Crippen molar-refractivity contribution in [2.75, 3.05) is 7.11 Å². The van der Waals surface area contributed by atoms with E-state index in [0.717, 1.165) is 5.56 Å². The maximum atomic E-state index is 11.1. The molecule has 0 aliphatic heterocycles. The van der Waals surface area contributed by atoms with Crippen LogP contribution in [0.25, 0.3) is 4.85 Å². The number of benzene rings is 1. The second-order valence-electron chi connectivity index (χ2n) is 2.92. The van der Waals surface area contributed by atoms with Gasteiger partial charge in [0.2, 0.25) is 6.04 Å².